The van der Waals surface area contributed by atoms with E-state index in [2.05, 4.69) is 10.2 Å². The van der Waals surface area contributed by atoms with Crippen LogP contribution >= 0.6 is 11.3 Å². The molecule has 0 saturated carbocycles. The lowest BCUT2D eigenvalue weighted by molar-refractivity contribution is 0.0526. The van der Waals surface area contributed by atoms with Crippen LogP contribution in [0.3, 0.4) is 0 Å². The minimum absolute atomic E-state index is 0.264. The van der Waals surface area contributed by atoms with Crippen molar-refractivity contribution in [2.45, 2.75) is 51.0 Å². The van der Waals surface area contributed by atoms with Crippen molar-refractivity contribution in [2.24, 2.45) is 0 Å². The number of sulfonamides is 1. The lowest BCUT2D eigenvalue weighted by Crippen LogP contribution is -2.48. The number of carbonyl (C=O) groups excluding carboxylic acids is 2. The van der Waals surface area contributed by atoms with E-state index in [0.29, 0.717) is 53.7 Å². The molecule has 10 heteroatoms. The van der Waals surface area contributed by atoms with Gasteiger partial charge in [-0.3, -0.25) is 9.69 Å². The minimum atomic E-state index is -3.52. The first-order valence-corrected chi connectivity index (χ1v) is 16.0. The molecule has 3 aromatic rings. The third kappa shape index (κ3) is 6.15. The molecule has 0 bridgehead atoms. The number of nitrogens with zero attached hydrogens (tertiary/aromatic N) is 2. The second kappa shape index (κ2) is 12.2. The number of amides is 1. The second-order valence-electron chi connectivity index (χ2n) is 10.3. The first-order valence-electron chi connectivity index (χ1n) is 13.8. The topological polar surface area (TPSA) is 96.0 Å². The summed E-state index contributed by atoms with van der Waals surface area (Å²) in [7, 11) is -3.52. The van der Waals surface area contributed by atoms with E-state index >= 15 is 0 Å². The first-order chi connectivity index (χ1) is 19.3. The minimum Gasteiger partial charge on any atom is -0.462 e. The van der Waals surface area contributed by atoms with Crippen molar-refractivity contribution in [1.29, 1.82) is 0 Å². The standard InChI is InChI=1S/C30H35N3O5S2/c1-3-38-30(35)27-25-9-4-5-10-26(25)39-29(27)31-28(34)23-8-6-7-22(19-23)20-32-15-17-33(18-16-32)40(36,37)24-13-11-21(2)12-14-24/h6-8,11-14,19H,3-5,9-10,15-18,20H2,1-2H3,(H,31,34). The van der Waals surface area contributed by atoms with Crippen molar-refractivity contribution in [3.63, 3.8) is 0 Å². The number of hydrogen-bond acceptors (Lipinski definition) is 7. The molecule has 2 aliphatic rings. The molecule has 2 heterocycles. The number of aryl methyl sites for hydroxylation is 2. The Bertz CT molecular complexity index is 1490. The van der Waals surface area contributed by atoms with Crippen LogP contribution in [0, 0.1) is 6.92 Å². The van der Waals surface area contributed by atoms with E-state index in [1.165, 1.54) is 11.3 Å². The molecule has 1 fully saturated rings. The van der Waals surface area contributed by atoms with Gasteiger partial charge in [-0.2, -0.15) is 4.31 Å². The number of piperazine rings is 1. The summed E-state index contributed by atoms with van der Waals surface area (Å²) >= 11 is 1.48. The molecule has 212 valence electrons. The van der Waals surface area contributed by atoms with Crippen molar-refractivity contribution in [3.8, 4) is 0 Å². The highest BCUT2D eigenvalue weighted by atomic mass is 32.2. The Morgan fingerprint density at radius 3 is 2.45 bits per heavy atom. The quantitative estimate of drug-likeness (QED) is 0.382. The summed E-state index contributed by atoms with van der Waals surface area (Å²) < 4.78 is 32.9. The molecule has 5 rings (SSSR count). The molecule has 1 aliphatic heterocycles. The average molecular weight is 582 g/mol. The second-order valence-corrected chi connectivity index (χ2v) is 13.3. The highest BCUT2D eigenvalue weighted by Gasteiger charge is 2.29. The van der Waals surface area contributed by atoms with Gasteiger partial charge in [-0.05, 0) is 74.9 Å². The van der Waals surface area contributed by atoms with Gasteiger partial charge in [-0.25, -0.2) is 13.2 Å². The van der Waals surface area contributed by atoms with E-state index in [0.717, 1.165) is 47.3 Å². The predicted molar refractivity (Wildman–Crippen MR) is 157 cm³/mol. The Balaban J connectivity index is 1.23. The van der Waals surface area contributed by atoms with Gasteiger partial charge in [0.1, 0.15) is 5.00 Å². The Kier molecular flexibility index (Phi) is 8.70. The number of benzene rings is 2. The normalized spacial score (nSPS) is 16.4. The third-order valence-electron chi connectivity index (χ3n) is 7.46. The Morgan fingerprint density at radius 2 is 1.73 bits per heavy atom. The van der Waals surface area contributed by atoms with Crippen LogP contribution in [0.15, 0.2) is 53.4 Å². The molecule has 1 amide bonds. The smallest absolute Gasteiger partial charge is 0.341 e. The zero-order chi connectivity index (χ0) is 28.3. The zero-order valence-corrected chi connectivity index (χ0v) is 24.6. The van der Waals surface area contributed by atoms with Crippen LogP contribution in [-0.2, 0) is 34.1 Å². The number of anilines is 1. The maximum absolute atomic E-state index is 13.3. The molecule has 40 heavy (non-hydrogen) atoms. The summed E-state index contributed by atoms with van der Waals surface area (Å²) in [5.74, 6) is -0.644. The molecule has 0 radical (unpaired) electrons. The Hall–Kier alpha value is -3.05. The number of nitrogens with one attached hydrogen (secondary N) is 1. The van der Waals surface area contributed by atoms with Crippen molar-refractivity contribution >= 4 is 38.2 Å². The fraction of sp³-hybridized carbons (Fsp3) is 0.400. The highest BCUT2D eigenvalue weighted by Crippen LogP contribution is 2.39. The van der Waals surface area contributed by atoms with Gasteiger partial charge >= 0.3 is 5.97 Å². The first kappa shape index (κ1) is 28.5. The van der Waals surface area contributed by atoms with Crippen LogP contribution in [-0.4, -0.2) is 62.3 Å². The average Bonchev–Trinajstić information content (AvgIpc) is 3.32. The van der Waals surface area contributed by atoms with Crippen molar-refractivity contribution in [3.05, 3.63) is 81.2 Å². The molecule has 1 aromatic heterocycles. The van der Waals surface area contributed by atoms with Crippen molar-refractivity contribution in [1.82, 2.24) is 9.21 Å². The summed E-state index contributed by atoms with van der Waals surface area (Å²) in [5.41, 5.74) is 4.03. The van der Waals surface area contributed by atoms with Gasteiger partial charge in [-0.1, -0.05) is 29.8 Å². The van der Waals surface area contributed by atoms with Gasteiger partial charge in [0.05, 0.1) is 17.1 Å². The van der Waals surface area contributed by atoms with Crippen LogP contribution in [0.4, 0.5) is 5.00 Å². The highest BCUT2D eigenvalue weighted by molar-refractivity contribution is 7.89. The SMILES string of the molecule is CCOC(=O)c1c(NC(=O)c2cccc(CN3CCN(S(=O)(=O)c4ccc(C)cc4)CC3)c2)sc2c1CCCC2. The summed E-state index contributed by atoms with van der Waals surface area (Å²) in [6, 6.07) is 14.4. The lowest BCUT2D eigenvalue weighted by Gasteiger charge is -2.34. The Labute approximate surface area is 240 Å². The van der Waals surface area contributed by atoms with Gasteiger partial charge in [-0.15, -0.1) is 11.3 Å². The monoisotopic (exact) mass is 581 g/mol. The van der Waals surface area contributed by atoms with Crippen LogP contribution in [0.2, 0.25) is 0 Å². The number of carbonyl (C=O) groups is 2. The molecule has 1 aliphatic carbocycles. The van der Waals surface area contributed by atoms with Crippen LogP contribution in [0.5, 0.6) is 0 Å². The zero-order valence-electron chi connectivity index (χ0n) is 22.9. The van der Waals surface area contributed by atoms with E-state index in [4.69, 9.17) is 4.74 Å². The molecule has 1 N–H and O–H groups in total. The summed E-state index contributed by atoms with van der Waals surface area (Å²) in [5, 5.41) is 3.55. The van der Waals surface area contributed by atoms with E-state index in [1.54, 1.807) is 29.4 Å². The number of hydrogen-bond donors (Lipinski definition) is 1. The van der Waals surface area contributed by atoms with Crippen LogP contribution in [0.1, 0.15) is 62.0 Å². The number of ether oxygens (including phenoxy) is 1. The van der Waals surface area contributed by atoms with Crippen LogP contribution in [0.25, 0.3) is 0 Å². The number of thiophene rings is 1. The Morgan fingerprint density at radius 1 is 1.00 bits per heavy atom. The fourth-order valence-electron chi connectivity index (χ4n) is 5.30. The molecular weight excluding hydrogens is 546 g/mol. The fourth-order valence-corrected chi connectivity index (χ4v) is 8.00. The maximum atomic E-state index is 13.3. The van der Waals surface area contributed by atoms with E-state index in [-0.39, 0.29) is 18.5 Å². The third-order valence-corrected chi connectivity index (χ3v) is 10.6. The number of fused-ring (bicyclic) bond motifs is 1. The van der Waals surface area contributed by atoms with Gasteiger partial charge in [0.2, 0.25) is 10.0 Å². The lowest BCUT2D eigenvalue weighted by atomic mass is 9.95. The molecule has 1 saturated heterocycles. The van der Waals surface area contributed by atoms with Gasteiger partial charge in [0.25, 0.3) is 5.91 Å². The molecular formula is C30H35N3O5S2. The van der Waals surface area contributed by atoms with E-state index in [9.17, 15) is 18.0 Å². The summed E-state index contributed by atoms with van der Waals surface area (Å²) in [6.45, 7) is 6.64. The largest absolute Gasteiger partial charge is 0.462 e. The van der Waals surface area contributed by atoms with Gasteiger partial charge in [0.15, 0.2) is 0 Å². The van der Waals surface area contributed by atoms with Crippen molar-refractivity contribution in [2.75, 3.05) is 38.1 Å². The predicted octanol–water partition coefficient (Wildman–Crippen LogP) is 4.87. The van der Waals surface area contributed by atoms with Gasteiger partial charge < -0.3 is 10.1 Å². The molecule has 8 nitrogen and oxygen atoms in total. The van der Waals surface area contributed by atoms with Gasteiger partial charge in [0, 0.05) is 43.2 Å². The molecule has 0 unspecified atom stereocenters. The summed E-state index contributed by atoms with van der Waals surface area (Å²) in [4.78, 5) is 29.7. The molecule has 2 aromatic carbocycles. The number of rotatable bonds is 8. The van der Waals surface area contributed by atoms with Crippen molar-refractivity contribution < 1.29 is 22.7 Å². The molecule has 0 atom stereocenters. The molecule has 0 spiro atoms. The number of esters is 1. The van der Waals surface area contributed by atoms with E-state index < -0.39 is 10.0 Å². The van der Waals surface area contributed by atoms with E-state index in [1.807, 2.05) is 37.3 Å². The summed E-state index contributed by atoms with van der Waals surface area (Å²) in [6.07, 6.45) is 3.84. The van der Waals surface area contributed by atoms with Crippen LogP contribution < -0.4 is 5.32 Å². The maximum Gasteiger partial charge on any atom is 0.341 e.